The first-order chi connectivity index (χ1) is 8.16. The first-order valence-corrected chi connectivity index (χ1v) is 5.97. The molecular weight excluding hydrogens is 214 g/mol. The normalized spacial score (nSPS) is 19.2. The molecule has 17 heavy (non-hydrogen) atoms. The zero-order valence-corrected chi connectivity index (χ0v) is 9.81. The van der Waals surface area contributed by atoms with E-state index >= 15 is 0 Å². The summed E-state index contributed by atoms with van der Waals surface area (Å²) in [6, 6.07) is 6.01. The third-order valence-corrected chi connectivity index (χ3v) is 3.51. The molecule has 0 unspecified atom stereocenters. The van der Waals surface area contributed by atoms with E-state index in [-0.39, 0.29) is 0 Å². The summed E-state index contributed by atoms with van der Waals surface area (Å²) in [5.41, 5.74) is 7.80. The summed E-state index contributed by atoms with van der Waals surface area (Å²) >= 11 is 0. The average Bonchev–Trinajstić information content (AvgIpc) is 2.67. The van der Waals surface area contributed by atoms with E-state index in [1.165, 1.54) is 12.8 Å². The molecule has 88 valence electrons. The maximum atomic E-state index is 11.1. The molecule has 2 heterocycles. The molecule has 1 amide bonds. The topological polar surface area (TPSA) is 60.9 Å². The van der Waals surface area contributed by atoms with Crippen LogP contribution in [-0.4, -0.2) is 15.5 Å². The summed E-state index contributed by atoms with van der Waals surface area (Å²) in [7, 11) is 0. The van der Waals surface area contributed by atoms with Gasteiger partial charge in [0.25, 0.3) is 0 Å². The van der Waals surface area contributed by atoms with E-state index < -0.39 is 5.91 Å². The monoisotopic (exact) mass is 229 g/mol. The van der Waals surface area contributed by atoms with Crippen LogP contribution in [0.3, 0.4) is 0 Å². The predicted molar refractivity (Wildman–Crippen MR) is 65.9 cm³/mol. The number of fused-ring (bicyclic) bond motifs is 3. The summed E-state index contributed by atoms with van der Waals surface area (Å²) in [6.45, 7) is 2.21. The quantitative estimate of drug-likeness (QED) is 0.813. The molecule has 0 aliphatic carbocycles. The zero-order valence-electron chi connectivity index (χ0n) is 9.81. The molecule has 0 saturated heterocycles. The minimum Gasteiger partial charge on any atom is -0.366 e. The van der Waals surface area contributed by atoms with Crippen LogP contribution >= 0.6 is 0 Å². The van der Waals surface area contributed by atoms with E-state index in [1.807, 2.05) is 6.07 Å². The predicted octanol–water partition coefficient (Wildman–Crippen LogP) is 2.03. The van der Waals surface area contributed by atoms with Crippen molar-refractivity contribution in [2.45, 2.75) is 32.2 Å². The van der Waals surface area contributed by atoms with Gasteiger partial charge in [-0.2, -0.15) is 0 Å². The second-order valence-electron chi connectivity index (χ2n) is 4.71. The highest BCUT2D eigenvalue weighted by atomic mass is 16.1. The van der Waals surface area contributed by atoms with Crippen LogP contribution in [0.25, 0.3) is 11.0 Å². The first kappa shape index (κ1) is 10.3. The van der Waals surface area contributed by atoms with E-state index in [9.17, 15) is 4.79 Å². The Morgan fingerprint density at radius 2 is 2.35 bits per heavy atom. The number of benzene rings is 1. The molecular formula is C13H15N3O. The molecule has 0 bridgehead atoms. The van der Waals surface area contributed by atoms with Crippen molar-refractivity contribution < 1.29 is 4.79 Å². The van der Waals surface area contributed by atoms with Gasteiger partial charge in [0.2, 0.25) is 5.91 Å². The molecule has 2 aromatic rings. The third kappa shape index (κ3) is 1.52. The highest BCUT2D eigenvalue weighted by molar-refractivity contribution is 5.96. The molecule has 0 radical (unpaired) electrons. The van der Waals surface area contributed by atoms with Crippen molar-refractivity contribution in [2.24, 2.45) is 5.73 Å². The lowest BCUT2D eigenvalue weighted by Crippen LogP contribution is -2.15. The Kier molecular flexibility index (Phi) is 2.18. The van der Waals surface area contributed by atoms with E-state index in [1.54, 1.807) is 12.1 Å². The Labute approximate surface area is 99.4 Å². The fourth-order valence-electron chi connectivity index (χ4n) is 2.65. The Balaban J connectivity index is 2.24. The number of nitrogens with two attached hydrogens (primary N) is 1. The Morgan fingerprint density at radius 3 is 3.12 bits per heavy atom. The van der Waals surface area contributed by atoms with Crippen LogP contribution in [0.15, 0.2) is 18.2 Å². The lowest BCUT2D eigenvalue weighted by Gasteiger charge is -2.22. The lowest BCUT2D eigenvalue weighted by molar-refractivity contribution is 0.100. The van der Waals surface area contributed by atoms with Crippen LogP contribution < -0.4 is 5.73 Å². The Bertz CT molecular complexity index is 600. The summed E-state index contributed by atoms with van der Waals surface area (Å²) < 4.78 is 2.28. The van der Waals surface area contributed by atoms with E-state index in [0.29, 0.717) is 11.6 Å². The standard InChI is InChI=1S/C13H15N3O/c1-8-3-2-4-12-15-10-7-9(13(14)17)5-6-11(10)16(8)12/h5-8H,2-4H2,1H3,(H2,14,17)/t8-/m0/s1. The van der Waals surface area contributed by atoms with Crippen LogP contribution in [-0.2, 0) is 6.42 Å². The van der Waals surface area contributed by atoms with Gasteiger partial charge >= 0.3 is 0 Å². The zero-order chi connectivity index (χ0) is 12.0. The third-order valence-electron chi connectivity index (χ3n) is 3.51. The molecule has 3 rings (SSSR count). The molecule has 2 N–H and O–H groups in total. The summed E-state index contributed by atoms with van der Waals surface area (Å²) in [5.74, 6) is 0.728. The minimum absolute atomic E-state index is 0.397. The Morgan fingerprint density at radius 1 is 1.53 bits per heavy atom. The first-order valence-electron chi connectivity index (χ1n) is 5.97. The van der Waals surface area contributed by atoms with Crippen LogP contribution in [0.4, 0.5) is 0 Å². The van der Waals surface area contributed by atoms with Gasteiger partial charge in [0.1, 0.15) is 5.82 Å². The summed E-state index contributed by atoms with van der Waals surface area (Å²) in [6.07, 6.45) is 3.40. The van der Waals surface area contributed by atoms with E-state index in [0.717, 1.165) is 23.3 Å². The van der Waals surface area contributed by atoms with Gasteiger partial charge in [-0.25, -0.2) is 4.98 Å². The van der Waals surface area contributed by atoms with Gasteiger partial charge in [-0.05, 0) is 38.0 Å². The molecule has 1 aliphatic rings. The highest BCUT2D eigenvalue weighted by Gasteiger charge is 2.20. The van der Waals surface area contributed by atoms with Crippen molar-refractivity contribution in [1.82, 2.24) is 9.55 Å². The number of primary amides is 1. The number of aryl methyl sites for hydroxylation is 1. The van der Waals surface area contributed by atoms with Gasteiger partial charge in [0.05, 0.1) is 11.0 Å². The maximum absolute atomic E-state index is 11.1. The number of amides is 1. The van der Waals surface area contributed by atoms with Gasteiger partial charge in [-0.3, -0.25) is 4.79 Å². The molecule has 4 heteroatoms. The summed E-state index contributed by atoms with van der Waals surface area (Å²) in [4.78, 5) is 15.7. The molecule has 1 atom stereocenters. The second kappa shape index (κ2) is 3.58. The average molecular weight is 229 g/mol. The van der Waals surface area contributed by atoms with Gasteiger partial charge in [-0.15, -0.1) is 0 Å². The minimum atomic E-state index is -0.397. The molecule has 0 saturated carbocycles. The fourth-order valence-corrected chi connectivity index (χ4v) is 2.65. The lowest BCUT2D eigenvalue weighted by atomic mass is 10.1. The maximum Gasteiger partial charge on any atom is 0.248 e. The Hall–Kier alpha value is -1.84. The van der Waals surface area contributed by atoms with Gasteiger partial charge in [0, 0.05) is 18.0 Å². The number of carbonyl (C=O) groups excluding carboxylic acids is 1. The number of nitrogens with zero attached hydrogens (tertiary/aromatic N) is 2. The highest BCUT2D eigenvalue weighted by Crippen LogP contribution is 2.29. The number of hydrogen-bond acceptors (Lipinski definition) is 2. The van der Waals surface area contributed by atoms with Crippen LogP contribution in [0, 0.1) is 0 Å². The van der Waals surface area contributed by atoms with E-state index in [2.05, 4.69) is 16.5 Å². The summed E-state index contributed by atoms with van der Waals surface area (Å²) in [5, 5.41) is 0. The molecule has 1 aromatic carbocycles. The van der Waals surface area contributed by atoms with Crippen molar-refractivity contribution in [3.63, 3.8) is 0 Å². The SMILES string of the molecule is C[C@H]1CCCc2nc3cc(C(N)=O)ccc3n21. The molecule has 0 fully saturated rings. The van der Waals surface area contributed by atoms with Crippen molar-refractivity contribution in [1.29, 1.82) is 0 Å². The van der Waals surface area contributed by atoms with Crippen molar-refractivity contribution in [3.05, 3.63) is 29.6 Å². The molecule has 0 spiro atoms. The molecule has 4 nitrogen and oxygen atoms in total. The number of hydrogen-bond donors (Lipinski definition) is 1. The number of rotatable bonds is 1. The van der Waals surface area contributed by atoms with Crippen LogP contribution in [0.1, 0.15) is 42.0 Å². The van der Waals surface area contributed by atoms with Gasteiger partial charge < -0.3 is 10.3 Å². The number of imidazole rings is 1. The molecule has 1 aromatic heterocycles. The van der Waals surface area contributed by atoms with Crippen molar-refractivity contribution in [3.8, 4) is 0 Å². The smallest absolute Gasteiger partial charge is 0.248 e. The molecule has 1 aliphatic heterocycles. The van der Waals surface area contributed by atoms with Gasteiger partial charge in [-0.1, -0.05) is 0 Å². The van der Waals surface area contributed by atoms with E-state index in [4.69, 9.17) is 5.73 Å². The van der Waals surface area contributed by atoms with Crippen LogP contribution in [0.5, 0.6) is 0 Å². The van der Waals surface area contributed by atoms with Crippen molar-refractivity contribution >= 4 is 16.9 Å². The van der Waals surface area contributed by atoms with Crippen LogP contribution in [0.2, 0.25) is 0 Å². The number of aromatic nitrogens is 2. The second-order valence-corrected chi connectivity index (χ2v) is 4.71. The van der Waals surface area contributed by atoms with Gasteiger partial charge in [0.15, 0.2) is 0 Å². The fraction of sp³-hybridized carbons (Fsp3) is 0.385. The van der Waals surface area contributed by atoms with Crippen molar-refractivity contribution in [2.75, 3.05) is 0 Å². The number of carbonyl (C=O) groups is 1. The largest absolute Gasteiger partial charge is 0.366 e.